The number of aromatic nitrogens is 3. The lowest BCUT2D eigenvalue weighted by molar-refractivity contribution is -0.383. The molecule has 0 amide bonds. The maximum absolute atomic E-state index is 11.0. The molecule has 0 unspecified atom stereocenters. The second-order valence-electron chi connectivity index (χ2n) is 3.16. The number of nitrogens with one attached hydrogen (secondary N) is 1. The monoisotopic (exact) mass is 231 g/mol. The van der Waals surface area contributed by atoms with Crippen molar-refractivity contribution in [3.8, 4) is 11.3 Å². The van der Waals surface area contributed by atoms with Crippen LogP contribution in [0.25, 0.3) is 11.3 Å². The molecule has 7 heteroatoms. The molecule has 0 aliphatic heterocycles. The minimum Gasteiger partial charge on any atom is -0.367 e. The molecule has 17 heavy (non-hydrogen) atoms. The molecule has 0 bridgehead atoms. The zero-order valence-corrected chi connectivity index (χ0v) is 8.99. The lowest BCUT2D eigenvalue weighted by Gasteiger charge is -2.05. The Balaban J connectivity index is 2.66. The fourth-order valence-electron chi connectivity index (χ4n) is 1.46. The van der Waals surface area contributed by atoms with Crippen molar-refractivity contribution in [1.29, 1.82) is 0 Å². The van der Waals surface area contributed by atoms with Crippen LogP contribution in [0.5, 0.6) is 0 Å². The minimum atomic E-state index is -0.498. The number of pyridine rings is 1. The molecule has 2 aromatic heterocycles. The molecule has 0 saturated carbocycles. The molecular weight excluding hydrogens is 222 g/mol. The summed E-state index contributed by atoms with van der Waals surface area (Å²) in [6.45, 7) is 0. The van der Waals surface area contributed by atoms with Crippen LogP contribution < -0.4 is 5.32 Å². The predicted octanol–water partition coefficient (Wildman–Crippen LogP) is 1.49. The van der Waals surface area contributed by atoms with Gasteiger partial charge in [0.05, 0.1) is 4.92 Å². The summed E-state index contributed by atoms with van der Waals surface area (Å²) < 4.78 is 0. The Labute approximate surface area is 96.7 Å². The molecule has 0 fully saturated rings. The largest absolute Gasteiger partial charge is 0.367 e. The van der Waals surface area contributed by atoms with Crippen molar-refractivity contribution in [2.75, 3.05) is 12.4 Å². The first-order valence-electron chi connectivity index (χ1n) is 4.81. The van der Waals surface area contributed by atoms with Crippen LogP contribution in [0.4, 0.5) is 11.5 Å². The summed E-state index contributed by atoms with van der Waals surface area (Å²) >= 11 is 0. The highest BCUT2D eigenvalue weighted by Gasteiger charge is 2.22. The van der Waals surface area contributed by atoms with Crippen molar-refractivity contribution in [3.63, 3.8) is 0 Å². The van der Waals surface area contributed by atoms with E-state index < -0.39 is 4.92 Å². The lowest BCUT2D eigenvalue weighted by Crippen LogP contribution is -2.02. The third-order valence-electron chi connectivity index (χ3n) is 2.20. The third kappa shape index (κ3) is 2.03. The molecule has 0 aromatic carbocycles. The number of nitrogens with zero attached hydrogens (tertiary/aromatic N) is 4. The van der Waals surface area contributed by atoms with Gasteiger partial charge < -0.3 is 5.32 Å². The van der Waals surface area contributed by atoms with Gasteiger partial charge in [-0.25, -0.2) is 9.97 Å². The molecule has 7 nitrogen and oxygen atoms in total. The Morgan fingerprint density at radius 2 is 2.00 bits per heavy atom. The van der Waals surface area contributed by atoms with E-state index in [1.54, 1.807) is 31.6 Å². The molecule has 1 N–H and O–H groups in total. The van der Waals surface area contributed by atoms with Crippen LogP contribution in [0.2, 0.25) is 0 Å². The summed E-state index contributed by atoms with van der Waals surface area (Å²) in [5.41, 5.74) is 0.767. The third-order valence-corrected chi connectivity index (χ3v) is 2.20. The maximum Gasteiger partial charge on any atom is 0.337 e. The summed E-state index contributed by atoms with van der Waals surface area (Å²) in [6, 6.07) is 3.32. The lowest BCUT2D eigenvalue weighted by atomic mass is 10.1. The van der Waals surface area contributed by atoms with E-state index in [2.05, 4.69) is 20.3 Å². The van der Waals surface area contributed by atoms with Crippen LogP contribution in [0.3, 0.4) is 0 Å². The SMILES string of the molecule is CNc1ncnc(-c2ccncc2)c1[N+](=O)[O-]. The van der Waals surface area contributed by atoms with Gasteiger partial charge in [0, 0.05) is 25.0 Å². The average molecular weight is 231 g/mol. The van der Waals surface area contributed by atoms with Gasteiger partial charge in [0.1, 0.15) is 6.33 Å². The van der Waals surface area contributed by atoms with Crippen LogP contribution in [0.1, 0.15) is 0 Å². The smallest absolute Gasteiger partial charge is 0.337 e. The van der Waals surface area contributed by atoms with Gasteiger partial charge in [-0.05, 0) is 12.1 Å². The Kier molecular flexibility index (Phi) is 2.91. The Morgan fingerprint density at radius 1 is 1.29 bits per heavy atom. The highest BCUT2D eigenvalue weighted by molar-refractivity contribution is 5.76. The van der Waals surface area contributed by atoms with E-state index in [9.17, 15) is 10.1 Å². The molecule has 0 spiro atoms. The number of hydrogen-bond donors (Lipinski definition) is 1. The topological polar surface area (TPSA) is 93.8 Å². The van der Waals surface area contributed by atoms with Crippen molar-refractivity contribution in [1.82, 2.24) is 15.0 Å². The maximum atomic E-state index is 11.0. The first-order valence-corrected chi connectivity index (χ1v) is 4.81. The van der Waals surface area contributed by atoms with Crippen LogP contribution in [0, 0.1) is 10.1 Å². The molecule has 0 aliphatic carbocycles. The van der Waals surface area contributed by atoms with Crippen LogP contribution in [-0.4, -0.2) is 26.9 Å². The van der Waals surface area contributed by atoms with Gasteiger partial charge in [0.25, 0.3) is 0 Å². The fraction of sp³-hybridized carbons (Fsp3) is 0.100. The number of hydrogen-bond acceptors (Lipinski definition) is 6. The quantitative estimate of drug-likeness (QED) is 0.635. The zero-order valence-electron chi connectivity index (χ0n) is 8.99. The van der Waals surface area contributed by atoms with Gasteiger partial charge in [0.2, 0.25) is 5.82 Å². The van der Waals surface area contributed by atoms with Gasteiger partial charge in [-0.1, -0.05) is 0 Å². The van der Waals surface area contributed by atoms with Gasteiger partial charge in [-0.2, -0.15) is 0 Å². The van der Waals surface area contributed by atoms with Crippen molar-refractivity contribution in [2.45, 2.75) is 0 Å². The summed E-state index contributed by atoms with van der Waals surface area (Å²) in [4.78, 5) is 22.2. The van der Waals surface area contributed by atoms with Gasteiger partial charge in [0.15, 0.2) is 5.69 Å². The van der Waals surface area contributed by atoms with E-state index in [1.165, 1.54) is 6.33 Å². The van der Waals surface area contributed by atoms with Crippen LogP contribution in [0.15, 0.2) is 30.9 Å². The summed E-state index contributed by atoms with van der Waals surface area (Å²) in [6.07, 6.45) is 4.40. The van der Waals surface area contributed by atoms with E-state index in [4.69, 9.17) is 0 Å². The van der Waals surface area contributed by atoms with E-state index in [0.717, 1.165) is 0 Å². The summed E-state index contributed by atoms with van der Waals surface area (Å²) in [7, 11) is 1.58. The molecule has 0 radical (unpaired) electrons. The second kappa shape index (κ2) is 4.52. The Bertz CT molecular complexity index is 544. The molecule has 2 rings (SSSR count). The van der Waals surface area contributed by atoms with E-state index in [1.807, 2.05) is 0 Å². The minimum absolute atomic E-state index is 0.138. The molecule has 0 aliphatic rings. The normalized spacial score (nSPS) is 9.94. The highest BCUT2D eigenvalue weighted by Crippen LogP contribution is 2.31. The van der Waals surface area contributed by atoms with Gasteiger partial charge in [-0.15, -0.1) is 0 Å². The van der Waals surface area contributed by atoms with Crippen molar-refractivity contribution < 1.29 is 4.92 Å². The molecule has 86 valence electrons. The van der Waals surface area contributed by atoms with E-state index in [0.29, 0.717) is 5.56 Å². The van der Waals surface area contributed by atoms with Crippen molar-refractivity contribution in [3.05, 3.63) is 41.0 Å². The van der Waals surface area contributed by atoms with E-state index >= 15 is 0 Å². The second-order valence-corrected chi connectivity index (χ2v) is 3.16. The Morgan fingerprint density at radius 3 is 2.59 bits per heavy atom. The molecule has 0 atom stereocenters. The first kappa shape index (κ1) is 10.9. The standard InChI is InChI=1S/C10H9N5O2/c1-11-10-9(15(16)17)8(13-6-14-10)7-2-4-12-5-3-7/h2-6H,1H3,(H,11,13,14). The number of anilines is 1. The fourth-order valence-corrected chi connectivity index (χ4v) is 1.46. The zero-order chi connectivity index (χ0) is 12.3. The highest BCUT2D eigenvalue weighted by atomic mass is 16.6. The molecule has 0 saturated heterocycles. The molecule has 2 heterocycles. The Hall–Kier alpha value is -2.57. The van der Waals surface area contributed by atoms with Crippen molar-refractivity contribution >= 4 is 11.5 Å². The van der Waals surface area contributed by atoms with Gasteiger partial charge >= 0.3 is 5.69 Å². The average Bonchev–Trinajstić information content (AvgIpc) is 2.38. The van der Waals surface area contributed by atoms with Crippen molar-refractivity contribution in [2.24, 2.45) is 0 Å². The number of rotatable bonds is 3. The van der Waals surface area contributed by atoms with E-state index in [-0.39, 0.29) is 17.2 Å². The number of nitro groups is 1. The molecular formula is C10H9N5O2. The molecule has 2 aromatic rings. The summed E-state index contributed by atoms with van der Waals surface area (Å²) in [5, 5.41) is 13.7. The van der Waals surface area contributed by atoms with Gasteiger partial charge in [-0.3, -0.25) is 15.1 Å². The summed E-state index contributed by atoms with van der Waals surface area (Å²) in [5.74, 6) is 0.191. The predicted molar refractivity (Wildman–Crippen MR) is 61.5 cm³/mol. The van der Waals surface area contributed by atoms with Crippen LogP contribution >= 0.6 is 0 Å². The van der Waals surface area contributed by atoms with Crippen LogP contribution in [-0.2, 0) is 0 Å². The first-order chi connectivity index (χ1) is 8.24.